The Bertz CT molecular complexity index is 664. The summed E-state index contributed by atoms with van der Waals surface area (Å²) < 4.78 is 5.57. The number of hydrogen-bond donors (Lipinski definition) is 1. The van der Waals surface area contributed by atoms with E-state index in [-0.39, 0.29) is 5.91 Å². The van der Waals surface area contributed by atoms with Crippen molar-refractivity contribution in [2.45, 2.75) is 32.3 Å². The molecular formula is C19H22N2O2. The van der Waals surface area contributed by atoms with Crippen molar-refractivity contribution in [3.63, 3.8) is 0 Å². The highest BCUT2D eigenvalue weighted by Gasteiger charge is 2.16. The van der Waals surface area contributed by atoms with E-state index < -0.39 is 0 Å². The number of carbonyl (C=O) groups is 1. The number of nitrogens with zero attached hydrogens (tertiary/aromatic N) is 1. The third kappa shape index (κ3) is 3.96. The number of benzene rings is 1. The molecule has 2 heterocycles. The molecule has 0 bridgehead atoms. The number of hydrogen-bond acceptors (Lipinski definition) is 3. The highest BCUT2D eigenvalue weighted by Crippen LogP contribution is 2.19. The quantitative estimate of drug-likeness (QED) is 0.921. The summed E-state index contributed by atoms with van der Waals surface area (Å²) in [5.41, 5.74) is 3.33. The Balaban J connectivity index is 1.62. The van der Waals surface area contributed by atoms with Crippen molar-refractivity contribution in [2.24, 2.45) is 0 Å². The molecule has 1 aromatic carbocycles. The molecule has 0 saturated carbocycles. The van der Waals surface area contributed by atoms with Crippen LogP contribution in [0.4, 0.5) is 0 Å². The van der Waals surface area contributed by atoms with Gasteiger partial charge in [0.2, 0.25) is 0 Å². The zero-order valence-corrected chi connectivity index (χ0v) is 13.4. The second-order valence-electron chi connectivity index (χ2n) is 5.88. The third-order valence-electron chi connectivity index (χ3n) is 4.18. The fourth-order valence-corrected chi connectivity index (χ4v) is 2.88. The smallest absolute Gasteiger partial charge is 0.253 e. The molecule has 1 fully saturated rings. The minimum Gasteiger partial charge on any atom is -0.378 e. The SMILES string of the molecule is Cc1nc(-c2ccccc2)ccc1C(=O)NCC[C@H]1CCCO1. The number of pyridine rings is 1. The van der Waals surface area contributed by atoms with Gasteiger partial charge in [-0.2, -0.15) is 0 Å². The molecule has 4 nitrogen and oxygen atoms in total. The Labute approximate surface area is 136 Å². The lowest BCUT2D eigenvalue weighted by molar-refractivity contribution is 0.0906. The van der Waals surface area contributed by atoms with E-state index in [0.29, 0.717) is 18.2 Å². The van der Waals surface area contributed by atoms with Gasteiger partial charge in [-0.3, -0.25) is 9.78 Å². The van der Waals surface area contributed by atoms with Gasteiger partial charge in [0.25, 0.3) is 5.91 Å². The topological polar surface area (TPSA) is 51.2 Å². The second-order valence-corrected chi connectivity index (χ2v) is 5.88. The maximum atomic E-state index is 12.3. The third-order valence-corrected chi connectivity index (χ3v) is 4.18. The first kappa shape index (κ1) is 15.7. The molecule has 1 amide bonds. The van der Waals surface area contributed by atoms with Gasteiger partial charge in [0.05, 0.1) is 23.1 Å². The molecule has 23 heavy (non-hydrogen) atoms. The summed E-state index contributed by atoms with van der Waals surface area (Å²) >= 11 is 0. The molecule has 1 N–H and O–H groups in total. The van der Waals surface area contributed by atoms with Crippen molar-refractivity contribution in [1.29, 1.82) is 0 Å². The largest absolute Gasteiger partial charge is 0.378 e. The van der Waals surface area contributed by atoms with E-state index in [9.17, 15) is 4.79 Å². The van der Waals surface area contributed by atoms with Gasteiger partial charge in [0.15, 0.2) is 0 Å². The number of rotatable bonds is 5. The zero-order chi connectivity index (χ0) is 16.1. The van der Waals surface area contributed by atoms with Crippen molar-refractivity contribution in [1.82, 2.24) is 10.3 Å². The Hall–Kier alpha value is -2.20. The van der Waals surface area contributed by atoms with E-state index in [4.69, 9.17) is 4.74 Å². The number of ether oxygens (including phenoxy) is 1. The van der Waals surface area contributed by atoms with Gasteiger partial charge in [-0.25, -0.2) is 0 Å². The predicted molar refractivity (Wildman–Crippen MR) is 90.3 cm³/mol. The highest BCUT2D eigenvalue weighted by molar-refractivity contribution is 5.95. The zero-order valence-electron chi connectivity index (χ0n) is 13.4. The minimum atomic E-state index is -0.0624. The van der Waals surface area contributed by atoms with Gasteiger partial charge >= 0.3 is 0 Å². The van der Waals surface area contributed by atoms with Crippen LogP contribution in [-0.2, 0) is 4.74 Å². The van der Waals surface area contributed by atoms with Crippen molar-refractivity contribution >= 4 is 5.91 Å². The first-order valence-electron chi connectivity index (χ1n) is 8.17. The highest BCUT2D eigenvalue weighted by atomic mass is 16.5. The first-order chi connectivity index (χ1) is 11.2. The number of nitrogens with one attached hydrogen (secondary N) is 1. The Morgan fingerprint density at radius 1 is 1.26 bits per heavy atom. The van der Waals surface area contributed by atoms with Crippen LogP contribution in [0.25, 0.3) is 11.3 Å². The van der Waals surface area contributed by atoms with Gasteiger partial charge in [-0.05, 0) is 38.3 Å². The van der Waals surface area contributed by atoms with Crippen LogP contribution in [-0.4, -0.2) is 30.1 Å². The van der Waals surface area contributed by atoms with Crippen LogP contribution in [0.3, 0.4) is 0 Å². The number of aromatic nitrogens is 1. The molecule has 0 aliphatic carbocycles. The fraction of sp³-hybridized carbons (Fsp3) is 0.368. The van der Waals surface area contributed by atoms with Gasteiger partial charge in [-0.1, -0.05) is 30.3 Å². The van der Waals surface area contributed by atoms with Crippen LogP contribution < -0.4 is 5.32 Å². The molecule has 120 valence electrons. The van der Waals surface area contributed by atoms with E-state index in [1.165, 1.54) is 0 Å². The first-order valence-corrected chi connectivity index (χ1v) is 8.17. The predicted octanol–water partition coefficient (Wildman–Crippen LogP) is 3.36. The summed E-state index contributed by atoms with van der Waals surface area (Å²) in [5.74, 6) is -0.0624. The summed E-state index contributed by atoms with van der Waals surface area (Å²) in [5, 5.41) is 2.97. The molecule has 0 unspecified atom stereocenters. The monoisotopic (exact) mass is 310 g/mol. The van der Waals surface area contributed by atoms with E-state index in [1.807, 2.05) is 49.4 Å². The summed E-state index contributed by atoms with van der Waals surface area (Å²) in [6.45, 7) is 3.37. The lowest BCUT2D eigenvalue weighted by atomic mass is 10.1. The molecule has 1 aliphatic rings. The van der Waals surface area contributed by atoms with Crippen LogP contribution in [0, 0.1) is 6.92 Å². The maximum absolute atomic E-state index is 12.3. The van der Waals surface area contributed by atoms with Gasteiger partial charge in [0, 0.05) is 18.7 Å². The Morgan fingerprint density at radius 3 is 2.78 bits per heavy atom. The molecule has 1 atom stereocenters. The molecule has 4 heteroatoms. The summed E-state index contributed by atoms with van der Waals surface area (Å²) in [4.78, 5) is 16.9. The van der Waals surface area contributed by atoms with E-state index in [0.717, 1.165) is 42.8 Å². The summed E-state index contributed by atoms with van der Waals surface area (Å²) in [6, 6.07) is 13.7. The van der Waals surface area contributed by atoms with Crippen molar-refractivity contribution in [3.05, 3.63) is 53.7 Å². The molecule has 1 aliphatic heterocycles. The van der Waals surface area contributed by atoms with Crippen molar-refractivity contribution in [3.8, 4) is 11.3 Å². The molecule has 2 aromatic rings. The van der Waals surface area contributed by atoms with E-state index in [1.54, 1.807) is 0 Å². The number of aryl methyl sites for hydroxylation is 1. The van der Waals surface area contributed by atoms with Crippen LogP contribution in [0.2, 0.25) is 0 Å². The van der Waals surface area contributed by atoms with Crippen LogP contribution >= 0.6 is 0 Å². The second kappa shape index (κ2) is 7.38. The Kier molecular flexibility index (Phi) is 5.03. The number of amides is 1. The van der Waals surface area contributed by atoms with Gasteiger partial charge < -0.3 is 10.1 Å². The molecule has 3 rings (SSSR count). The molecule has 1 aromatic heterocycles. The minimum absolute atomic E-state index is 0.0624. The van der Waals surface area contributed by atoms with Crippen LogP contribution in [0.15, 0.2) is 42.5 Å². The van der Waals surface area contributed by atoms with E-state index >= 15 is 0 Å². The van der Waals surface area contributed by atoms with Gasteiger partial charge in [-0.15, -0.1) is 0 Å². The Morgan fingerprint density at radius 2 is 2.09 bits per heavy atom. The lowest BCUT2D eigenvalue weighted by Gasteiger charge is -2.11. The molecular weight excluding hydrogens is 288 g/mol. The lowest BCUT2D eigenvalue weighted by Crippen LogP contribution is -2.27. The maximum Gasteiger partial charge on any atom is 0.253 e. The molecule has 0 radical (unpaired) electrons. The average Bonchev–Trinajstić information content (AvgIpc) is 3.09. The normalized spacial score (nSPS) is 17.2. The number of carbonyl (C=O) groups excluding carboxylic acids is 1. The summed E-state index contributed by atoms with van der Waals surface area (Å²) in [6.07, 6.45) is 3.40. The average molecular weight is 310 g/mol. The van der Waals surface area contributed by atoms with Crippen molar-refractivity contribution < 1.29 is 9.53 Å². The summed E-state index contributed by atoms with van der Waals surface area (Å²) in [7, 11) is 0. The van der Waals surface area contributed by atoms with Crippen molar-refractivity contribution in [2.75, 3.05) is 13.2 Å². The van der Waals surface area contributed by atoms with Crippen LogP contribution in [0.1, 0.15) is 35.3 Å². The standard InChI is InChI=1S/C19H22N2O2/c1-14-17(19(22)20-12-11-16-8-5-13-23-16)9-10-18(21-14)15-6-3-2-4-7-15/h2-4,6-7,9-10,16H,5,8,11-13H2,1H3,(H,20,22)/t16-/m1/s1. The molecule has 0 spiro atoms. The fourth-order valence-electron chi connectivity index (χ4n) is 2.88. The molecule has 1 saturated heterocycles. The van der Waals surface area contributed by atoms with Crippen LogP contribution in [0.5, 0.6) is 0 Å². The van der Waals surface area contributed by atoms with Gasteiger partial charge in [0.1, 0.15) is 0 Å². The van der Waals surface area contributed by atoms with E-state index in [2.05, 4.69) is 10.3 Å².